The van der Waals surface area contributed by atoms with E-state index in [2.05, 4.69) is 13.8 Å². The van der Waals surface area contributed by atoms with Gasteiger partial charge in [-0.15, -0.1) is 0 Å². The summed E-state index contributed by atoms with van der Waals surface area (Å²) in [6.45, 7) is 6.12. The molecule has 0 aromatic heterocycles. The maximum atomic E-state index is 10.9. The average molecular weight is 242 g/mol. The van der Waals surface area contributed by atoms with Crippen LogP contribution < -0.4 is 4.90 Å². The lowest BCUT2D eigenvalue weighted by Crippen LogP contribution is -2.24. The van der Waals surface area contributed by atoms with Crippen LogP contribution in [0.15, 0.2) is 12.1 Å². The summed E-state index contributed by atoms with van der Waals surface area (Å²) in [6.07, 6.45) is -1.01. The molecular weight excluding hydrogens is 226 g/mol. The van der Waals surface area contributed by atoms with Crippen LogP contribution in [0.25, 0.3) is 0 Å². The molecular formula is C12H16ClNO2. The van der Waals surface area contributed by atoms with E-state index in [0.29, 0.717) is 16.6 Å². The molecule has 1 rings (SSSR count). The predicted molar refractivity (Wildman–Crippen MR) is 66.7 cm³/mol. The quantitative estimate of drug-likeness (QED) is 0.854. The summed E-state index contributed by atoms with van der Waals surface area (Å²) in [7, 11) is 1.49. The van der Waals surface area contributed by atoms with Crippen LogP contribution in [-0.4, -0.2) is 18.2 Å². The minimum Gasteiger partial charge on any atom is -0.465 e. The van der Waals surface area contributed by atoms with Gasteiger partial charge in [-0.25, -0.2) is 4.79 Å². The van der Waals surface area contributed by atoms with E-state index < -0.39 is 6.09 Å². The highest BCUT2D eigenvalue weighted by Gasteiger charge is 2.15. The highest BCUT2D eigenvalue weighted by Crippen LogP contribution is 2.31. The van der Waals surface area contributed by atoms with Crippen molar-refractivity contribution in [1.82, 2.24) is 0 Å². The number of carboxylic acid groups (broad SMARTS) is 1. The van der Waals surface area contributed by atoms with Crippen LogP contribution in [0.1, 0.15) is 30.9 Å². The maximum absolute atomic E-state index is 10.9. The Morgan fingerprint density at radius 1 is 1.44 bits per heavy atom. The summed E-state index contributed by atoms with van der Waals surface area (Å²) in [4.78, 5) is 12.0. The largest absolute Gasteiger partial charge is 0.465 e. The van der Waals surface area contributed by atoms with Crippen molar-refractivity contribution >= 4 is 23.4 Å². The molecule has 0 atom stereocenters. The van der Waals surface area contributed by atoms with E-state index in [0.717, 1.165) is 16.0 Å². The molecule has 0 aliphatic rings. The van der Waals surface area contributed by atoms with Crippen LogP contribution >= 0.6 is 11.6 Å². The molecule has 3 nitrogen and oxygen atoms in total. The van der Waals surface area contributed by atoms with Crippen LogP contribution in [0, 0.1) is 6.92 Å². The number of halogens is 1. The predicted octanol–water partition coefficient (Wildman–Crippen LogP) is 3.89. The van der Waals surface area contributed by atoms with Gasteiger partial charge in [0.15, 0.2) is 0 Å². The second-order valence-electron chi connectivity index (χ2n) is 4.16. The van der Waals surface area contributed by atoms with Crippen molar-refractivity contribution in [3.8, 4) is 0 Å². The van der Waals surface area contributed by atoms with Gasteiger partial charge in [0.05, 0.1) is 10.7 Å². The van der Waals surface area contributed by atoms with Crippen LogP contribution in [0.3, 0.4) is 0 Å². The number of anilines is 1. The van der Waals surface area contributed by atoms with Gasteiger partial charge in [0.1, 0.15) is 0 Å². The van der Waals surface area contributed by atoms with Gasteiger partial charge in [-0.05, 0) is 36.1 Å². The number of aryl methyl sites for hydroxylation is 1. The molecule has 0 fully saturated rings. The Balaban J connectivity index is 3.30. The molecule has 1 N–H and O–H groups in total. The standard InChI is InChI=1S/C12H16ClNO2/c1-7(2)9-6-11(14(4)12(15)16)10(13)5-8(9)3/h5-7H,1-4H3,(H,15,16). The van der Waals surface area contributed by atoms with Crippen molar-refractivity contribution in [2.45, 2.75) is 26.7 Å². The third-order valence-corrected chi connectivity index (χ3v) is 2.91. The monoisotopic (exact) mass is 241 g/mol. The van der Waals surface area contributed by atoms with Gasteiger partial charge in [-0.1, -0.05) is 25.4 Å². The third kappa shape index (κ3) is 2.47. The maximum Gasteiger partial charge on any atom is 0.411 e. The molecule has 88 valence electrons. The number of rotatable bonds is 2. The highest BCUT2D eigenvalue weighted by molar-refractivity contribution is 6.33. The van der Waals surface area contributed by atoms with Crippen LogP contribution in [0.4, 0.5) is 10.5 Å². The second-order valence-corrected chi connectivity index (χ2v) is 4.56. The number of hydrogen-bond acceptors (Lipinski definition) is 1. The molecule has 1 aromatic carbocycles. The van der Waals surface area contributed by atoms with Gasteiger partial charge >= 0.3 is 6.09 Å². The Bertz CT molecular complexity index is 416. The third-order valence-electron chi connectivity index (χ3n) is 2.61. The van der Waals surface area contributed by atoms with E-state index >= 15 is 0 Å². The SMILES string of the molecule is Cc1cc(Cl)c(N(C)C(=O)O)cc1C(C)C. The zero-order chi connectivity index (χ0) is 12.5. The fourth-order valence-electron chi connectivity index (χ4n) is 1.66. The molecule has 0 aliphatic carbocycles. The number of nitrogens with zero attached hydrogens (tertiary/aromatic N) is 1. The van der Waals surface area contributed by atoms with Gasteiger partial charge < -0.3 is 5.11 Å². The summed E-state index contributed by atoms with van der Waals surface area (Å²) in [5.41, 5.74) is 2.73. The van der Waals surface area contributed by atoms with Crippen molar-refractivity contribution in [1.29, 1.82) is 0 Å². The average Bonchev–Trinajstić information content (AvgIpc) is 2.16. The lowest BCUT2D eigenvalue weighted by molar-refractivity contribution is 0.203. The van der Waals surface area contributed by atoms with E-state index in [-0.39, 0.29) is 0 Å². The van der Waals surface area contributed by atoms with Crippen LogP contribution in [0.2, 0.25) is 5.02 Å². The number of carbonyl (C=O) groups is 1. The molecule has 4 heteroatoms. The number of benzene rings is 1. The van der Waals surface area contributed by atoms with E-state index in [4.69, 9.17) is 16.7 Å². The first-order chi connectivity index (χ1) is 7.34. The molecule has 1 aromatic rings. The molecule has 0 unspecified atom stereocenters. The summed E-state index contributed by atoms with van der Waals surface area (Å²) in [6, 6.07) is 3.65. The normalized spacial score (nSPS) is 10.6. The Morgan fingerprint density at radius 3 is 2.44 bits per heavy atom. The summed E-state index contributed by atoms with van der Waals surface area (Å²) in [5, 5.41) is 9.39. The van der Waals surface area contributed by atoms with Gasteiger partial charge in [0.25, 0.3) is 0 Å². The second kappa shape index (κ2) is 4.74. The summed E-state index contributed by atoms with van der Waals surface area (Å²) in [5.74, 6) is 0.346. The molecule has 0 saturated heterocycles. The Morgan fingerprint density at radius 2 is 2.00 bits per heavy atom. The smallest absolute Gasteiger partial charge is 0.411 e. The van der Waals surface area contributed by atoms with E-state index in [1.165, 1.54) is 7.05 Å². The van der Waals surface area contributed by atoms with Gasteiger partial charge in [0.2, 0.25) is 0 Å². The minimum absolute atomic E-state index is 0.346. The first-order valence-corrected chi connectivity index (χ1v) is 5.49. The van der Waals surface area contributed by atoms with Crippen LogP contribution in [-0.2, 0) is 0 Å². The number of hydrogen-bond donors (Lipinski definition) is 1. The summed E-state index contributed by atoms with van der Waals surface area (Å²) < 4.78 is 0. The Hall–Kier alpha value is -1.22. The van der Waals surface area contributed by atoms with Crippen molar-refractivity contribution in [3.05, 3.63) is 28.3 Å². The highest BCUT2D eigenvalue weighted by atomic mass is 35.5. The molecule has 0 saturated carbocycles. The topological polar surface area (TPSA) is 40.5 Å². The fraction of sp³-hybridized carbons (Fsp3) is 0.417. The fourth-order valence-corrected chi connectivity index (χ4v) is 2.00. The summed E-state index contributed by atoms with van der Waals surface area (Å²) >= 11 is 6.04. The number of amides is 1. The molecule has 16 heavy (non-hydrogen) atoms. The molecule has 0 aliphatic heterocycles. The van der Waals surface area contributed by atoms with Crippen molar-refractivity contribution in [2.24, 2.45) is 0 Å². The minimum atomic E-state index is -1.01. The first kappa shape index (κ1) is 12.8. The zero-order valence-corrected chi connectivity index (χ0v) is 10.7. The van der Waals surface area contributed by atoms with Crippen molar-refractivity contribution in [3.63, 3.8) is 0 Å². The molecule has 1 amide bonds. The lowest BCUT2D eigenvalue weighted by atomic mass is 9.97. The van der Waals surface area contributed by atoms with Crippen LogP contribution in [0.5, 0.6) is 0 Å². The van der Waals surface area contributed by atoms with Gasteiger partial charge in [-0.2, -0.15) is 0 Å². The van der Waals surface area contributed by atoms with E-state index in [1.807, 2.05) is 19.1 Å². The molecule has 0 radical (unpaired) electrons. The molecule has 0 bridgehead atoms. The molecule has 0 heterocycles. The van der Waals surface area contributed by atoms with Gasteiger partial charge in [-0.3, -0.25) is 4.90 Å². The first-order valence-electron chi connectivity index (χ1n) is 5.11. The molecule has 0 spiro atoms. The van der Waals surface area contributed by atoms with Crippen molar-refractivity contribution < 1.29 is 9.90 Å². The van der Waals surface area contributed by atoms with E-state index in [1.54, 1.807) is 0 Å². The van der Waals surface area contributed by atoms with E-state index in [9.17, 15) is 4.79 Å². The Labute approximate surface area is 101 Å². The lowest BCUT2D eigenvalue weighted by Gasteiger charge is -2.19. The van der Waals surface area contributed by atoms with Gasteiger partial charge in [0, 0.05) is 7.05 Å². The zero-order valence-electron chi connectivity index (χ0n) is 9.91. The van der Waals surface area contributed by atoms with Crippen molar-refractivity contribution in [2.75, 3.05) is 11.9 Å². The Kier molecular flexibility index (Phi) is 3.81.